The van der Waals surface area contributed by atoms with E-state index in [1.54, 1.807) is 0 Å². The van der Waals surface area contributed by atoms with Gasteiger partial charge in [-0.2, -0.15) is 11.8 Å². The van der Waals surface area contributed by atoms with Crippen molar-refractivity contribution in [3.8, 4) is 0 Å². The first-order valence-electron chi connectivity index (χ1n) is 4.83. The Morgan fingerprint density at radius 1 is 1.62 bits per heavy atom. The molecule has 0 aromatic heterocycles. The first-order chi connectivity index (χ1) is 6.29. The zero-order valence-corrected chi connectivity index (χ0v) is 8.77. The molecule has 0 spiro atoms. The first-order valence-corrected chi connectivity index (χ1v) is 5.98. The predicted molar refractivity (Wildman–Crippen MR) is 55.8 cm³/mol. The van der Waals surface area contributed by atoms with E-state index in [-0.39, 0.29) is 5.91 Å². The smallest absolute Gasteiger partial charge is 0.250 e. The van der Waals surface area contributed by atoms with Crippen LogP contribution in [0.3, 0.4) is 0 Å². The molecular formula is C10H15NOS. The Labute approximate surface area is 83.4 Å². The van der Waals surface area contributed by atoms with Crippen molar-refractivity contribution in [1.82, 2.24) is 4.90 Å². The van der Waals surface area contributed by atoms with Crippen LogP contribution in [-0.2, 0) is 4.79 Å². The van der Waals surface area contributed by atoms with Crippen LogP contribution < -0.4 is 0 Å². The van der Waals surface area contributed by atoms with Crippen molar-refractivity contribution in [1.29, 1.82) is 0 Å². The minimum absolute atomic E-state index is 0.259. The molecule has 0 N–H and O–H groups in total. The number of allylic oxidation sites excluding steroid dienone is 1. The van der Waals surface area contributed by atoms with E-state index in [9.17, 15) is 4.79 Å². The van der Waals surface area contributed by atoms with Gasteiger partial charge in [-0.25, -0.2) is 0 Å². The highest BCUT2D eigenvalue weighted by molar-refractivity contribution is 7.99. The van der Waals surface area contributed by atoms with Gasteiger partial charge in [0.25, 0.3) is 0 Å². The lowest BCUT2D eigenvalue weighted by Crippen LogP contribution is -2.31. The van der Waals surface area contributed by atoms with Crippen molar-refractivity contribution in [3.63, 3.8) is 0 Å². The van der Waals surface area contributed by atoms with E-state index in [4.69, 9.17) is 0 Å². The molecular weight excluding hydrogens is 182 g/mol. The van der Waals surface area contributed by atoms with Gasteiger partial charge < -0.3 is 4.90 Å². The van der Waals surface area contributed by atoms with E-state index >= 15 is 0 Å². The Morgan fingerprint density at radius 3 is 2.92 bits per heavy atom. The van der Waals surface area contributed by atoms with E-state index in [0.717, 1.165) is 17.7 Å². The predicted octanol–water partition coefficient (Wildman–Crippen LogP) is 1.67. The summed E-state index contributed by atoms with van der Waals surface area (Å²) in [5.74, 6) is 2.34. The first kappa shape index (κ1) is 9.13. The molecule has 0 unspecified atom stereocenters. The molecule has 2 rings (SSSR count). The quantitative estimate of drug-likeness (QED) is 0.671. The van der Waals surface area contributed by atoms with E-state index in [2.05, 4.69) is 6.08 Å². The fourth-order valence-electron chi connectivity index (χ4n) is 1.56. The Balaban J connectivity index is 1.98. The third-order valence-corrected chi connectivity index (χ3v) is 3.64. The third kappa shape index (κ3) is 2.08. The Kier molecular flexibility index (Phi) is 2.63. The maximum Gasteiger partial charge on any atom is 0.250 e. The Hall–Kier alpha value is -0.440. The van der Waals surface area contributed by atoms with E-state index < -0.39 is 0 Å². The standard InChI is InChI=1S/C10H15NOS/c1-11(9-4-5-9)10(12)8-3-2-6-13-7-8/h3,9H,2,4-7H2,1H3. The van der Waals surface area contributed by atoms with Crippen molar-refractivity contribution in [2.24, 2.45) is 0 Å². The molecule has 13 heavy (non-hydrogen) atoms. The van der Waals surface area contributed by atoms with Gasteiger partial charge in [-0.05, 0) is 25.0 Å². The minimum atomic E-state index is 0.259. The molecule has 3 heteroatoms. The van der Waals surface area contributed by atoms with Crippen molar-refractivity contribution in [2.45, 2.75) is 25.3 Å². The molecule has 1 amide bonds. The SMILES string of the molecule is CN(C(=O)C1=CCCSC1)C1CC1. The highest BCUT2D eigenvalue weighted by atomic mass is 32.2. The lowest BCUT2D eigenvalue weighted by atomic mass is 10.2. The molecule has 2 aliphatic rings. The molecule has 1 saturated carbocycles. The molecule has 1 aliphatic carbocycles. The number of nitrogens with zero attached hydrogens (tertiary/aromatic N) is 1. The summed E-state index contributed by atoms with van der Waals surface area (Å²) in [6, 6.07) is 0.542. The number of hydrogen-bond acceptors (Lipinski definition) is 2. The molecule has 1 heterocycles. The van der Waals surface area contributed by atoms with Gasteiger partial charge in [-0.1, -0.05) is 6.08 Å². The topological polar surface area (TPSA) is 20.3 Å². The highest BCUT2D eigenvalue weighted by Gasteiger charge is 2.30. The fourth-order valence-corrected chi connectivity index (χ4v) is 2.45. The second-order valence-electron chi connectivity index (χ2n) is 3.72. The van der Waals surface area contributed by atoms with Crippen LogP contribution in [0.15, 0.2) is 11.6 Å². The van der Waals surface area contributed by atoms with Crippen molar-refractivity contribution >= 4 is 17.7 Å². The van der Waals surface area contributed by atoms with Gasteiger partial charge in [0.15, 0.2) is 0 Å². The molecule has 2 nitrogen and oxygen atoms in total. The van der Waals surface area contributed by atoms with Crippen molar-refractivity contribution in [3.05, 3.63) is 11.6 Å². The maximum atomic E-state index is 11.8. The van der Waals surface area contributed by atoms with Crippen LogP contribution in [-0.4, -0.2) is 35.4 Å². The van der Waals surface area contributed by atoms with Crippen LogP contribution >= 0.6 is 11.8 Å². The third-order valence-electron chi connectivity index (χ3n) is 2.60. The lowest BCUT2D eigenvalue weighted by molar-refractivity contribution is -0.126. The van der Waals surface area contributed by atoms with Gasteiger partial charge in [0.1, 0.15) is 0 Å². The molecule has 0 atom stereocenters. The molecule has 1 fully saturated rings. The summed E-state index contributed by atoms with van der Waals surface area (Å²) in [4.78, 5) is 13.7. The molecule has 1 aliphatic heterocycles. The minimum Gasteiger partial charge on any atom is -0.339 e. The summed E-state index contributed by atoms with van der Waals surface area (Å²) >= 11 is 1.87. The number of likely N-dealkylation sites (N-methyl/N-ethyl adjacent to an activating group) is 1. The fraction of sp³-hybridized carbons (Fsp3) is 0.700. The number of carbonyl (C=O) groups is 1. The van der Waals surface area contributed by atoms with Gasteiger partial charge in [-0.3, -0.25) is 4.79 Å². The monoisotopic (exact) mass is 197 g/mol. The van der Waals surface area contributed by atoms with Gasteiger partial charge in [-0.15, -0.1) is 0 Å². The van der Waals surface area contributed by atoms with Crippen LogP contribution in [0.5, 0.6) is 0 Å². The summed E-state index contributed by atoms with van der Waals surface area (Å²) in [6.07, 6.45) is 5.56. The molecule has 72 valence electrons. The van der Waals surface area contributed by atoms with Gasteiger partial charge in [0, 0.05) is 24.4 Å². The molecule has 0 aromatic carbocycles. The van der Waals surface area contributed by atoms with Crippen LogP contribution in [0.2, 0.25) is 0 Å². The molecule has 0 aromatic rings. The van der Waals surface area contributed by atoms with Gasteiger partial charge in [0.05, 0.1) is 0 Å². The molecule has 0 radical (unpaired) electrons. The van der Waals surface area contributed by atoms with E-state index in [0.29, 0.717) is 6.04 Å². The van der Waals surface area contributed by atoms with Crippen LogP contribution in [0.4, 0.5) is 0 Å². The van der Waals surface area contributed by atoms with E-state index in [1.165, 1.54) is 18.6 Å². The van der Waals surface area contributed by atoms with Crippen LogP contribution in [0.25, 0.3) is 0 Å². The second kappa shape index (κ2) is 3.74. The summed E-state index contributed by atoms with van der Waals surface area (Å²) in [5, 5.41) is 0. The van der Waals surface area contributed by atoms with Crippen LogP contribution in [0.1, 0.15) is 19.3 Å². The number of carbonyl (C=O) groups excluding carboxylic acids is 1. The van der Waals surface area contributed by atoms with E-state index in [1.807, 2.05) is 23.7 Å². The lowest BCUT2D eigenvalue weighted by Gasteiger charge is -2.20. The van der Waals surface area contributed by atoms with Gasteiger partial charge >= 0.3 is 0 Å². The summed E-state index contributed by atoms with van der Waals surface area (Å²) in [7, 11) is 1.93. The second-order valence-corrected chi connectivity index (χ2v) is 4.82. The maximum absolute atomic E-state index is 11.8. The number of thioether (sulfide) groups is 1. The average Bonchev–Trinajstić information content (AvgIpc) is 3.00. The van der Waals surface area contributed by atoms with Crippen LogP contribution in [0, 0.1) is 0 Å². The highest BCUT2D eigenvalue weighted by Crippen LogP contribution is 2.28. The van der Waals surface area contributed by atoms with Crippen molar-refractivity contribution in [2.75, 3.05) is 18.6 Å². The molecule has 0 bridgehead atoms. The average molecular weight is 197 g/mol. The van der Waals surface area contributed by atoms with Gasteiger partial charge in [0.2, 0.25) is 5.91 Å². The van der Waals surface area contributed by atoms with Crippen molar-refractivity contribution < 1.29 is 4.79 Å². The number of rotatable bonds is 2. The number of amides is 1. The Morgan fingerprint density at radius 2 is 2.38 bits per heavy atom. The molecule has 0 saturated heterocycles. The zero-order valence-electron chi connectivity index (χ0n) is 7.95. The summed E-state index contributed by atoms with van der Waals surface area (Å²) < 4.78 is 0. The largest absolute Gasteiger partial charge is 0.339 e. The zero-order chi connectivity index (χ0) is 9.26. The number of hydrogen-bond donors (Lipinski definition) is 0. The summed E-state index contributed by atoms with van der Waals surface area (Å²) in [5.41, 5.74) is 1.02. The summed E-state index contributed by atoms with van der Waals surface area (Å²) in [6.45, 7) is 0. The Bertz CT molecular complexity index is 245. The normalized spacial score (nSPS) is 22.4.